The number of aliphatic imine (C=N–C) groups is 1. The van der Waals surface area contributed by atoms with Crippen LogP contribution in [0.2, 0.25) is 0 Å². The lowest BCUT2D eigenvalue weighted by Crippen LogP contribution is -1.98. The van der Waals surface area contributed by atoms with Gasteiger partial charge in [-0.3, -0.25) is 0 Å². The molecule has 1 heterocycles. The van der Waals surface area contributed by atoms with Gasteiger partial charge in [0.1, 0.15) is 0 Å². The first-order valence-electron chi connectivity index (χ1n) is 10.6. The first-order chi connectivity index (χ1) is 14.7. The number of rotatable bonds is 2. The van der Waals surface area contributed by atoms with Gasteiger partial charge in [0.25, 0.3) is 0 Å². The normalized spacial score (nSPS) is 13.9. The molecule has 0 unspecified atom stereocenters. The predicted octanol–water partition coefficient (Wildman–Crippen LogP) is 7.34. The largest absolute Gasteiger partial charge is 0.353 e. The molecular weight excluding hydrogens is 364 g/mol. The Labute approximate surface area is 175 Å². The van der Waals surface area contributed by atoms with Crippen LogP contribution in [0.1, 0.15) is 29.2 Å². The van der Waals surface area contributed by atoms with Crippen molar-refractivity contribution in [1.29, 1.82) is 0 Å². The van der Waals surface area contributed by atoms with Gasteiger partial charge in [-0.2, -0.15) is 0 Å². The van der Waals surface area contributed by atoms with Crippen LogP contribution in [0.25, 0.3) is 32.9 Å². The summed E-state index contributed by atoms with van der Waals surface area (Å²) >= 11 is 0. The fraction of sp³-hybridized carbons (Fsp3) is 0.107. The van der Waals surface area contributed by atoms with E-state index >= 15 is 0 Å². The summed E-state index contributed by atoms with van der Waals surface area (Å²) in [5.74, 6) is 0. The molecule has 2 nitrogen and oxygen atoms in total. The number of aryl methyl sites for hydroxylation is 2. The zero-order chi connectivity index (χ0) is 20.2. The highest BCUT2D eigenvalue weighted by Gasteiger charge is 2.25. The molecule has 4 aromatic carbocycles. The molecule has 0 saturated carbocycles. The molecule has 5 aromatic rings. The predicted molar refractivity (Wildman–Crippen MR) is 127 cm³/mol. The van der Waals surface area contributed by atoms with E-state index in [1.54, 1.807) is 0 Å². The molecule has 0 atom stereocenters. The van der Waals surface area contributed by atoms with Crippen molar-refractivity contribution in [2.75, 3.05) is 0 Å². The van der Waals surface area contributed by atoms with E-state index in [1.165, 1.54) is 44.2 Å². The molecule has 2 heteroatoms. The van der Waals surface area contributed by atoms with Gasteiger partial charge in [0.15, 0.2) is 0 Å². The van der Waals surface area contributed by atoms with Gasteiger partial charge in [0.05, 0.1) is 16.9 Å². The third-order valence-corrected chi connectivity index (χ3v) is 6.19. The second kappa shape index (κ2) is 6.43. The Kier molecular flexibility index (Phi) is 3.69. The molecule has 0 fully saturated rings. The van der Waals surface area contributed by atoms with E-state index in [2.05, 4.69) is 97.7 Å². The van der Waals surface area contributed by atoms with E-state index in [-0.39, 0.29) is 0 Å². The van der Waals surface area contributed by atoms with E-state index in [9.17, 15) is 0 Å². The molecule has 0 spiro atoms. The molecule has 30 heavy (non-hydrogen) atoms. The van der Waals surface area contributed by atoms with Gasteiger partial charge >= 0.3 is 0 Å². The number of H-pyrrole nitrogens is 1. The SMILES string of the molecule is CCc1ccc2c(c1)-c1ccccc1C2=Nc1cc(C)cc2c1[nH]c1ccccc12. The Bertz CT molecular complexity index is 1480. The number of nitrogens with zero attached hydrogens (tertiary/aromatic N) is 1. The molecule has 0 amide bonds. The highest BCUT2D eigenvalue weighted by Crippen LogP contribution is 2.40. The summed E-state index contributed by atoms with van der Waals surface area (Å²) in [7, 11) is 0. The molecule has 1 aliphatic carbocycles. The molecule has 144 valence electrons. The molecule has 6 rings (SSSR count). The van der Waals surface area contributed by atoms with Crippen LogP contribution >= 0.6 is 0 Å². The lowest BCUT2D eigenvalue weighted by Gasteiger charge is -2.06. The van der Waals surface area contributed by atoms with Gasteiger partial charge in [-0.1, -0.05) is 67.6 Å². The standard InChI is InChI=1S/C28H22N2/c1-3-18-12-13-22-23(16-18)19-8-4-5-10-21(19)27(22)30-26-15-17(2)14-24-20-9-6-7-11-25(20)29-28(24)26/h4-16,29H,3H2,1-2H3. The van der Waals surface area contributed by atoms with E-state index in [1.807, 2.05) is 0 Å². The summed E-state index contributed by atoms with van der Waals surface area (Å²) < 4.78 is 0. The van der Waals surface area contributed by atoms with Crippen LogP contribution in [-0.2, 0) is 6.42 Å². The van der Waals surface area contributed by atoms with Crippen molar-refractivity contribution >= 4 is 33.2 Å². The number of fused-ring (bicyclic) bond motifs is 6. The number of para-hydroxylation sites is 1. The summed E-state index contributed by atoms with van der Waals surface area (Å²) in [6.45, 7) is 4.35. The molecule has 0 radical (unpaired) electrons. The van der Waals surface area contributed by atoms with Crippen LogP contribution in [0.15, 0.2) is 83.9 Å². The van der Waals surface area contributed by atoms with E-state index < -0.39 is 0 Å². The molecule has 0 aliphatic heterocycles. The minimum atomic E-state index is 0.999. The van der Waals surface area contributed by atoms with Crippen molar-refractivity contribution in [2.24, 2.45) is 4.99 Å². The van der Waals surface area contributed by atoms with Crippen molar-refractivity contribution in [1.82, 2.24) is 4.98 Å². The van der Waals surface area contributed by atoms with E-state index in [0.29, 0.717) is 0 Å². The Morgan fingerprint density at radius 3 is 2.37 bits per heavy atom. The number of aromatic amines is 1. The topological polar surface area (TPSA) is 28.1 Å². The first kappa shape index (κ1) is 17.2. The average molecular weight is 386 g/mol. The summed E-state index contributed by atoms with van der Waals surface area (Å²) in [6, 6.07) is 28.3. The summed E-state index contributed by atoms with van der Waals surface area (Å²) in [5.41, 5.74) is 11.9. The van der Waals surface area contributed by atoms with Crippen molar-refractivity contribution in [3.63, 3.8) is 0 Å². The van der Waals surface area contributed by atoms with Gasteiger partial charge in [-0.25, -0.2) is 4.99 Å². The Morgan fingerprint density at radius 2 is 1.50 bits per heavy atom. The van der Waals surface area contributed by atoms with Gasteiger partial charge in [0.2, 0.25) is 0 Å². The fourth-order valence-corrected chi connectivity index (χ4v) is 4.71. The molecule has 1 aromatic heterocycles. The number of aromatic nitrogens is 1. The zero-order valence-corrected chi connectivity index (χ0v) is 17.2. The summed E-state index contributed by atoms with van der Waals surface area (Å²) in [6.07, 6.45) is 1.04. The van der Waals surface area contributed by atoms with Crippen LogP contribution in [-0.4, -0.2) is 10.7 Å². The molecule has 1 aliphatic rings. The zero-order valence-electron chi connectivity index (χ0n) is 17.2. The lowest BCUT2D eigenvalue weighted by molar-refractivity contribution is 1.14. The molecule has 0 saturated heterocycles. The van der Waals surface area contributed by atoms with Crippen molar-refractivity contribution in [3.8, 4) is 11.1 Å². The van der Waals surface area contributed by atoms with Crippen LogP contribution in [0.5, 0.6) is 0 Å². The Balaban J connectivity index is 1.65. The van der Waals surface area contributed by atoms with Gasteiger partial charge in [-0.15, -0.1) is 0 Å². The number of hydrogen-bond donors (Lipinski definition) is 1. The van der Waals surface area contributed by atoms with Gasteiger partial charge in [-0.05, 0) is 53.8 Å². The smallest absolute Gasteiger partial charge is 0.0881 e. The second-order valence-corrected chi connectivity index (χ2v) is 8.12. The minimum absolute atomic E-state index is 0.999. The third kappa shape index (κ3) is 2.47. The summed E-state index contributed by atoms with van der Waals surface area (Å²) in [5, 5.41) is 2.48. The van der Waals surface area contributed by atoms with Crippen molar-refractivity contribution in [3.05, 3.63) is 101 Å². The maximum absolute atomic E-state index is 5.27. The fourth-order valence-electron chi connectivity index (χ4n) is 4.71. The van der Waals surface area contributed by atoms with E-state index in [0.717, 1.165) is 28.9 Å². The van der Waals surface area contributed by atoms with Crippen LogP contribution in [0.4, 0.5) is 5.69 Å². The average Bonchev–Trinajstić information content (AvgIpc) is 3.30. The molecule has 1 N–H and O–H groups in total. The first-order valence-corrected chi connectivity index (χ1v) is 10.6. The number of benzene rings is 4. The Hall–Kier alpha value is -3.65. The Morgan fingerprint density at radius 1 is 0.733 bits per heavy atom. The number of hydrogen-bond acceptors (Lipinski definition) is 1. The second-order valence-electron chi connectivity index (χ2n) is 8.12. The van der Waals surface area contributed by atoms with Crippen LogP contribution in [0, 0.1) is 6.92 Å². The van der Waals surface area contributed by atoms with Crippen molar-refractivity contribution < 1.29 is 0 Å². The van der Waals surface area contributed by atoms with E-state index in [4.69, 9.17) is 4.99 Å². The third-order valence-electron chi connectivity index (χ3n) is 6.19. The molecule has 0 bridgehead atoms. The monoisotopic (exact) mass is 386 g/mol. The maximum Gasteiger partial charge on any atom is 0.0881 e. The number of nitrogens with one attached hydrogen (secondary N) is 1. The highest BCUT2D eigenvalue weighted by molar-refractivity contribution is 6.26. The lowest BCUT2D eigenvalue weighted by atomic mass is 10.0. The minimum Gasteiger partial charge on any atom is -0.353 e. The highest BCUT2D eigenvalue weighted by atomic mass is 14.8. The maximum atomic E-state index is 5.27. The van der Waals surface area contributed by atoms with Crippen molar-refractivity contribution in [2.45, 2.75) is 20.3 Å². The van der Waals surface area contributed by atoms with Gasteiger partial charge < -0.3 is 4.98 Å². The van der Waals surface area contributed by atoms with Crippen LogP contribution < -0.4 is 0 Å². The van der Waals surface area contributed by atoms with Gasteiger partial charge in [0, 0.05) is 27.4 Å². The molecular formula is C28H22N2. The quantitative estimate of drug-likeness (QED) is 0.322. The summed E-state index contributed by atoms with van der Waals surface area (Å²) in [4.78, 5) is 8.87. The van der Waals surface area contributed by atoms with Crippen LogP contribution in [0.3, 0.4) is 0 Å².